The van der Waals surface area contributed by atoms with E-state index in [1.807, 2.05) is 30.3 Å². The van der Waals surface area contributed by atoms with Crippen molar-refractivity contribution in [2.24, 2.45) is 0 Å². The van der Waals surface area contributed by atoms with Gasteiger partial charge in [-0.2, -0.15) is 5.10 Å². The molecule has 0 aliphatic carbocycles. The van der Waals surface area contributed by atoms with E-state index in [0.717, 1.165) is 5.69 Å². The number of ether oxygens (including phenoxy) is 2. The lowest BCUT2D eigenvalue weighted by Gasteiger charge is -2.12. The monoisotopic (exact) mass is 365 g/mol. The lowest BCUT2D eigenvalue weighted by atomic mass is 10.2. The van der Waals surface area contributed by atoms with Gasteiger partial charge in [0.2, 0.25) is 5.43 Å². The van der Waals surface area contributed by atoms with E-state index in [1.165, 1.54) is 20.3 Å². The molecule has 0 radical (unpaired) electrons. The van der Waals surface area contributed by atoms with Crippen LogP contribution in [0.3, 0.4) is 0 Å². The van der Waals surface area contributed by atoms with E-state index in [-0.39, 0.29) is 5.69 Å². The van der Waals surface area contributed by atoms with Crippen molar-refractivity contribution in [1.29, 1.82) is 0 Å². The minimum absolute atomic E-state index is 0.203. The maximum absolute atomic E-state index is 12.7. The molecule has 3 aromatic rings. The summed E-state index contributed by atoms with van der Waals surface area (Å²) in [6.45, 7) is 1.76. The molecule has 1 heterocycles. The number of anilines is 1. The molecule has 1 aromatic heterocycles. The smallest absolute Gasteiger partial charge is 0.280 e. The largest absolute Gasteiger partial charge is 0.497 e. The maximum Gasteiger partial charge on any atom is 0.280 e. The number of nitrogens with zero attached hydrogens (tertiary/aromatic N) is 2. The number of nitrogens with one attached hydrogen (secondary N) is 1. The number of amides is 1. The number of aryl methyl sites for hydroxylation is 1. The van der Waals surface area contributed by atoms with E-state index in [9.17, 15) is 9.59 Å². The molecule has 0 atom stereocenters. The Morgan fingerprint density at radius 2 is 1.63 bits per heavy atom. The summed E-state index contributed by atoms with van der Waals surface area (Å²) in [5.41, 5.74) is 1.17. The minimum Gasteiger partial charge on any atom is -0.497 e. The second kappa shape index (κ2) is 7.74. The van der Waals surface area contributed by atoms with Gasteiger partial charge in [0.05, 0.1) is 19.9 Å². The molecule has 0 unspecified atom stereocenters. The van der Waals surface area contributed by atoms with Crippen LogP contribution in [0.1, 0.15) is 16.2 Å². The number of hydrogen-bond donors (Lipinski definition) is 1. The fourth-order valence-electron chi connectivity index (χ4n) is 2.61. The Balaban J connectivity index is 1.97. The second-order valence-corrected chi connectivity index (χ2v) is 5.80. The Morgan fingerprint density at radius 1 is 1.00 bits per heavy atom. The predicted molar refractivity (Wildman–Crippen MR) is 102 cm³/mol. The van der Waals surface area contributed by atoms with E-state index in [1.54, 1.807) is 29.8 Å². The summed E-state index contributed by atoms with van der Waals surface area (Å²) in [7, 11) is 3.03. The van der Waals surface area contributed by atoms with Crippen LogP contribution >= 0.6 is 0 Å². The Labute approximate surface area is 156 Å². The SMILES string of the molecule is COc1cc(NC(=O)c2nn(-c3ccccc3)c(C)cc2=O)cc(OC)c1. The standard InChI is InChI=1S/C20H19N3O4/c1-13-9-18(24)19(22-23(13)15-7-5-4-6-8-15)20(25)21-14-10-16(26-2)12-17(11-14)27-3/h4-12H,1-3H3,(H,21,25). The molecule has 138 valence electrons. The van der Waals surface area contributed by atoms with E-state index < -0.39 is 11.3 Å². The molecule has 0 spiro atoms. The van der Waals surface area contributed by atoms with Crippen molar-refractivity contribution in [1.82, 2.24) is 9.78 Å². The molecule has 0 aliphatic heterocycles. The molecule has 3 rings (SSSR count). The first-order valence-electron chi connectivity index (χ1n) is 8.22. The number of carbonyl (C=O) groups excluding carboxylic acids is 1. The number of para-hydroxylation sites is 1. The first-order chi connectivity index (χ1) is 13.0. The first kappa shape index (κ1) is 18.2. The van der Waals surface area contributed by atoms with Crippen molar-refractivity contribution in [3.05, 3.63) is 76.2 Å². The molecular formula is C20H19N3O4. The van der Waals surface area contributed by atoms with Crippen LogP contribution in [0.2, 0.25) is 0 Å². The summed E-state index contributed by atoms with van der Waals surface area (Å²) in [4.78, 5) is 25.0. The molecule has 0 saturated heterocycles. The van der Waals surface area contributed by atoms with Crippen molar-refractivity contribution in [3.63, 3.8) is 0 Å². The Morgan fingerprint density at radius 3 is 2.22 bits per heavy atom. The number of rotatable bonds is 5. The number of benzene rings is 2. The van der Waals surface area contributed by atoms with E-state index >= 15 is 0 Å². The van der Waals surface area contributed by atoms with Crippen LogP contribution in [-0.2, 0) is 0 Å². The third-order valence-corrected chi connectivity index (χ3v) is 3.93. The van der Waals surface area contributed by atoms with Crippen LogP contribution in [-0.4, -0.2) is 29.9 Å². The van der Waals surface area contributed by atoms with Gasteiger partial charge in [0.1, 0.15) is 11.5 Å². The predicted octanol–water partition coefficient (Wildman–Crippen LogP) is 2.81. The van der Waals surface area contributed by atoms with Gasteiger partial charge in [0.15, 0.2) is 5.69 Å². The molecule has 0 aliphatic rings. The third kappa shape index (κ3) is 3.98. The normalized spacial score (nSPS) is 10.3. The zero-order chi connectivity index (χ0) is 19.4. The van der Waals surface area contributed by atoms with Gasteiger partial charge in [-0.15, -0.1) is 0 Å². The summed E-state index contributed by atoms with van der Waals surface area (Å²) in [6, 6.07) is 15.6. The lowest BCUT2D eigenvalue weighted by molar-refractivity contribution is 0.101. The summed E-state index contributed by atoms with van der Waals surface area (Å²) in [5, 5.41) is 6.92. The zero-order valence-electron chi connectivity index (χ0n) is 15.2. The fourth-order valence-corrected chi connectivity index (χ4v) is 2.61. The topological polar surface area (TPSA) is 82.5 Å². The molecule has 7 heteroatoms. The van der Waals surface area contributed by atoms with Gasteiger partial charge >= 0.3 is 0 Å². The van der Waals surface area contributed by atoms with Gasteiger partial charge in [-0.3, -0.25) is 9.59 Å². The summed E-state index contributed by atoms with van der Waals surface area (Å²) >= 11 is 0. The summed E-state index contributed by atoms with van der Waals surface area (Å²) in [5.74, 6) is 0.423. The van der Waals surface area contributed by atoms with E-state index in [4.69, 9.17) is 9.47 Å². The maximum atomic E-state index is 12.7. The van der Waals surface area contributed by atoms with Gasteiger partial charge in [-0.1, -0.05) is 18.2 Å². The number of hydrogen-bond acceptors (Lipinski definition) is 5. The molecule has 1 amide bonds. The van der Waals surface area contributed by atoms with Crippen LogP contribution in [0, 0.1) is 6.92 Å². The molecule has 1 N–H and O–H groups in total. The third-order valence-electron chi connectivity index (χ3n) is 3.93. The molecule has 7 nitrogen and oxygen atoms in total. The number of aromatic nitrogens is 2. The number of methoxy groups -OCH3 is 2. The summed E-state index contributed by atoms with van der Waals surface area (Å²) in [6.07, 6.45) is 0. The van der Waals surface area contributed by atoms with E-state index in [0.29, 0.717) is 22.9 Å². The molecule has 0 fully saturated rings. The molecular weight excluding hydrogens is 346 g/mol. The zero-order valence-corrected chi connectivity index (χ0v) is 15.2. The molecule has 0 saturated carbocycles. The highest BCUT2D eigenvalue weighted by Crippen LogP contribution is 2.25. The average Bonchev–Trinajstić information content (AvgIpc) is 2.68. The molecule has 27 heavy (non-hydrogen) atoms. The Hall–Kier alpha value is -3.61. The average molecular weight is 365 g/mol. The molecule has 0 bridgehead atoms. The van der Waals surface area contributed by atoms with Gasteiger partial charge in [0, 0.05) is 35.6 Å². The number of carbonyl (C=O) groups is 1. The first-order valence-corrected chi connectivity index (χ1v) is 8.22. The Kier molecular flexibility index (Phi) is 5.21. The van der Waals surface area contributed by atoms with Crippen LogP contribution in [0.25, 0.3) is 5.69 Å². The van der Waals surface area contributed by atoms with Crippen molar-refractivity contribution in [3.8, 4) is 17.2 Å². The van der Waals surface area contributed by atoms with Gasteiger partial charge in [-0.25, -0.2) is 4.68 Å². The van der Waals surface area contributed by atoms with E-state index in [2.05, 4.69) is 10.4 Å². The van der Waals surface area contributed by atoms with Crippen LogP contribution in [0.15, 0.2) is 59.4 Å². The highest BCUT2D eigenvalue weighted by atomic mass is 16.5. The highest BCUT2D eigenvalue weighted by molar-refractivity contribution is 6.02. The Bertz CT molecular complexity index is 1010. The van der Waals surface area contributed by atoms with Crippen LogP contribution in [0.5, 0.6) is 11.5 Å². The highest BCUT2D eigenvalue weighted by Gasteiger charge is 2.16. The van der Waals surface area contributed by atoms with Gasteiger partial charge in [0.25, 0.3) is 5.91 Å². The second-order valence-electron chi connectivity index (χ2n) is 5.80. The minimum atomic E-state index is -0.611. The van der Waals surface area contributed by atoms with Gasteiger partial charge < -0.3 is 14.8 Å². The van der Waals surface area contributed by atoms with Gasteiger partial charge in [-0.05, 0) is 19.1 Å². The lowest BCUT2D eigenvalue weighted by Crippen LogP contribution is -2.26. The van der Waals surface area contributed by atoms with Crippen molar-refractivity contribution >= 4 is 11.6 Å². The molecule has 2 aromatic carbocycles. The van der Waals surface area contributed by atoms with Crippen LogP contribution in [0.4, 0.5) is 5.69 Å². The van der Waals surface area contributed by atoms with Crippen LogP contribution < -0.4 is 20.2 Å². The fraction of sp³-hybridized carbons (Fsp3) is 0.150. The quantitative estimate of drug-likeness (QED) is 0.752. The van der Waals surface area contributed by atoms with Crippen molar-refractivity contribution < 1.29 is 14.3 Å². The summed E-state index contributed by atoms with van der Waals surface area (Å²) < 4.78 is 11.9. The van der Waals surface area contributed by atoms with Crippen molar-refractivity contribution in [2.45, 2.75) is 6.92 Å². The van der Waals surface area contributed by atoms with Crippen molar-refractivity contribution in [2.75, 3.05) is 19.5 Å².